The molecule has 0 aliphatic heterocycles. The average molecular weight is 357 g/mol. The van der Waals surface area contributed by atoms with Gasteiger partial charge >= 0.3 is 5.97 Å². The van der Waals surface area contributed by atoms with E-state index in [-0.39, 0.29) is 12.5 Å². The second-order valence-corrected chi connectivity index (χ2v) is 5.68. The SMILES string of the molecule is C=CC(=O)OCC(/C=C/c1ccccc1)c1ccc(Br)cc1. The lowest BCUT2D eigenvalue weighted by Gasteiger charge is -2.13. The van der Waals surface area contributed by atoms with Gasteiger partial charge in [-0.05, 0) is 23.3 Å². The molecule has 0 aliphatic rings. The van der Waals surface area contributed by atoms with Gasteiger partial charge in [0, 0.05) is 16.5 Å². The van der Waals surface area contributed by atoms with Crippen LogP contribution in [0, 0.1) is 0 Å². The maximum Gasteiger partial charge on any atom is 0.330 e. The monoisotopic (exact) mass is 356 g/mol. The Morgan fingerprint density at radius 1 is 1.14 bits per heavy atom. The highest BCUT2D eigenvalue weighted by Crippen LogP contribution is 2.22. The van der Waals surface area contributed by atoms with E-state index >= 15 is 0 Å². The highest BCUT2D eigenvalue weighted by molar-refractivity contribution is 9.10. The van der Waals surface area contributed by atoms with Gasteiger partial charge in [-0.3, -0.25) is 0 Å². The summed E-state index contributed by atoms with van der Waals surface area (Å²) in [6, 6.07) is 18.0. The lowest BCUT2D eigenvalue weighted by atomic mass is 9.98. The van der Waals surface area contributed by atoms with E-state index in [1.165, 1.54) is 6.08 Å². The number of carbonyl (C=O) groups excluding carboxylic acids is 1. The minimum absolute atomic E-state index is 0.00259. The van der Waals surface area contributed by atoms with E-state index in [1.54, 1.807) is 0 Å². The van der Waals surface area contributed by atoms with Crippen LogP contribution in [0.2, 0.25) is 0 Å². The van der Waals surface area contributed by atoms with Gasteiger partial charge < -0.3 is 4.74 Å². The van der Waals surface area contributed by atoms with Crippen LogP contribution in [0.1, 0.15) is 17.0 Å². The number of hydrogen-bond acceptors (Lipinski definition) is 2. The molecule has 0 bridgehead atoms. The lowest BCUT2D eigenvalue weighted by Crippen LogP contribution is -2.09. The summed E-state index contributed by atoms with van der Waals surface area (Å²) >= 11 is 3.43. The van der Waals surface area contributed by atoms with Crippen molar-refractivity contribution in [2.45, 2.75) is 5.92 Å². The molecule has 2 rings (SSSR count). The highest BCUT2D eigenvalue weighted by Gasteiger charge is 2.10. The Labute approximate surface area is 139 Å². The smallest absolute Gasteiger partial charge is 0.330 e. The van der Waals surface area contributed by atoms with E-state index in [0.717, 1.165) is 15.6 Å². The van der Waals surface area contributed by atoms with Gasteiger partial charge in [0.15, 0.2) is 0 Å². The van der Waals surface area contributed by atoms with Crippen molar-refractivity contribution in [2.24, 2.45) is 0 Å². The first-order chi connectivity index (χ1) is 10.7. The Hall–Kier alpha value is -2.13. The molecule has 0 heterocycles. The fourth-order valence-corrected chi connectivity index (χ4v) is 2.26. The van der Waals surface area contributed by atoms with Crippen LogP contribution in [0.4, 0.5) is 0 Å². The number of benzene rings is 2. The zero-order chi connectivity index (χ0) is 15.8. The van der Waals surface area contributed by atoms with E-state index in [4.69, 9.17) is 4.74 Å². The Bertz CT molecular complexity index is 645. The summed E-state index contributed by atoms with van der Waals surface area (Å²) in [5.41, 5.74) is 2.20. The van der Waals surface area contributed by atoms with Crippen LogP contribution in [0.15, 0.2) is 77.8 Å². The van der Waals surface area contributed by atoms with Crippen LogP contribution < -0.4 is 0 Å². The second kappa shape index (κ2) is 8.35. The van der Waals surface area contributed by atoms with E-state index in [2.05, 4.69) is 28.6 Å². The van der Waals surface area contributed by atoms with Gasteiger partial charge in [-0.15, -0.1) is 0 Å². The lowest BCUT2D eigenvalue weighted by molar-refractivity contribution is -0.137. The van der Waals surface area contributed by atoms with E-state index in [1.807, 2.05) is 60.7 Å². The maximum atomic E-state index is 11.3. The van der Waals surface area contributed by atoms with Gasteiger partial charge in [0.1, 0.15) is 6.61 Å². The molecule has 0 saturated heterocycles. The van der Waals surface area contributed by atoms with Crippen LogP contribution in [0.3, 0.4) is 0 Å². The minimum Gasteiger partial charge on any atom is -0.462 e. The Morgan fingerprint density at radius 2 is 1.82 bits per heavy atom. The summed E-state index contributed by atoms with van der Waals surface area (Å²) in [5.74, 6) is -0.410. The molecule has 2 aromatic rings. The molecule has 22 heavy (non-hydrogen) atoms. The normalized spacial score (nSPS) is 12.0. The third kappa shape index (κ3) is 5.01. The summed E-state index contributed by atoms with van der Waals surface area (Å²) < 4.78 is 6.23. The first kappa shape index (κ1) is 16.2. The fraction of sp³-hybridized carbons (Fsp3) is 0.105. The zero-order valence-electron chi connectivity index (χ0n) is 12.1. The molecule has 0 fully saturated rings. The predicted octanol–water partition coefficient (Wildman–Crippen LogP) is 4.98. The van der Waals surface area contributed by atoms with Crippen LogP contribution >= 0.6 is 15.9 Å². The molecule has 0 aliphatic carbocycles. The molecular formula is C19H17BrO2. The highest BCUT2D eigenvalue weighted by atomic mass is 79.9. The summed E-state index contributed by atoms with van der Waals surface area (Å²) in [7, 11) is 0. The van der Waals surface area contributed by atoms with Crippen molar-refractivity contribution >= 4 is 28.0 Å². The Balaban J connectivity index is 2.17. The van der Waals surface area contributed by atoms with Crippen molar-refractivity contribution in [3.8, 4) is 0 Å². The van der Waals surface area contributed by atoms with Gasteiger partial charge in [0.05, 0.1) is 0 Å². The minimum atomic E-state index is -0.407. The second-order valence-electron chi connectivity index (χ2n) is 4.76. The van der Waals surface area contributed by atoms with Crippen molar-refractivity contribution < 1.29 is 9.53 Å². The molecule has 3 heteroatoms. The van der Waals surface area contributed by atoms with E-state index < -0.39 is 5.97 Å². The Morgan fingerprint density at radius 3 is 2.45 bits per heavy atom. The number of esters is 1. The van der Waals surface area contributed by atoms with Crippen LogP contribution in [-0.4, -0.2) is 12.6 Å². The van der Waals surface area contributed by atoms with Crippen molar-refractivity contribution in [1.29, 1.82) is 0 Å². The molecule has 0 spiro atoms. The van der Waals surface area contributed by atoms with Gasteiger partial charge in [-0.1, -0.05) is 77.1 Å². The van der Waals surface area contributed by atoms with Gasteiger partial charge in [-0.2, -0.15) is 0 Å². The number of halogens is 1. The molecule has 2 nitrogen and oxygen atoms in total. The molecule has 1 unspecified atom stereocenters. The number of ether oxygens (including phenoxy) is 1. The summed E-state index contributed by atoms with van der Waals surface area (Å²) in [6.07, 6.45) is 5.27. The quantitative estimate of drug-likeness (QED) is 0.539. The third-order valence-electron chi connectivity index (χ3n) is 3.19. The molecule has 2 aromatic carbocycles. The molecule has 112 valence electrons. The summed E-state index contributed by atoms with van der Waals surface area (Å²) in [4.78, 5) is 11.3. The van der Waals surface area contributed by atoms with Crippen molar-refractivity contribution in [3.63, 3.8) is 0 Å². The molecule has 1 atom stereocenters. The summed E-state index contributed by atoms with van der Waals surface area (Å²) in [5, 5.41) is 0. The number of hydrogen-bond donors (Lipinski definition) is 0. The van der Waals surface area contributed by atoms with Crippen LogP contribution in [0.25, 0.3) is 6.08 Å². The summed E-state index contributed by atoms with van der Waals surface area (Å²) in [6.45, 7) is 3.71. The van der Waals surface area contributed by atoms with Gasteiger partial charge in [-0.25, -0.2) is 4.79 Å². The topological polar surface area (TPSA) is 26.3 Å². The average Bonchev–Trinajstić information content (AvgIpc) is 2.56. The Kier molecular flexibility index (Phi) is 6.16. The molecule has 0 radical (unpaired) electrons. The van der Waals surface area contributed by atoms with Gasteiger partial charge in [0.25, 0.3) is 0 Å². The zero-order valence-corrected chi connectivity index (χ0v) is 13.7. The third-order valence-corrected chi connectivity index (χ3v) is 3.72. The largest absolute Gasteiger partial charge is 0.462 e. The van der Waals surface area contributed by atoms with Crippen LogP contribution in [-0.2, 0) is 9.53 Å². The molecule has 0 aromatic heterocycles. The maximum absolute atomic E-state index is 11.3. The standard InChI is InChI=1S/C19H17BrO2/c1-2-19(21)22-14-17(16-10-12-18(20)13-11-16)9-8-15-6-4-3-5-7-15/h2-13,17H,1,14H2/b9-8+. The molecule has 0 N–H and O–H groups in total. The number of carbonyl (C=O) groups is 1. The first-order valence-electron chi connectivity index (χ1n) is 6.97. The van der Waals surface area contributed by atoms with Crippen LogP contribution in [0.5, 0.6) is 0 Å². The molecule has 0 saturated carbocycles. The van der Waals surface area contributed by atoms with Gasteiger partial charge in [0.2, 0.25) is 0 Å². The van der Waals surface area contributed by atoms with Crippen molar-refractivity contribution in [2.75, 3.05) is 6.61 Å². The first-order valence-corrected chi connectivity index (χ1v) is 7.76. The van der Waals surface area contributed by atoms with E-state index in [0.29, 0.717) is 0 Å². The number of rotatable bonds is 6. The molecule has 0 amide bonds. The molecular weight excluding hydrogens is 340 g/mol. The fourth-order valence-electron chi connectivity index (χ4n) is 2.00. The van der Waals surface area contributed by atoms with Crippen molar-refractivity contribution in [1.82, 2.24) is 0 Å². The van der Waals surface area contributed by atoms with E-state index in [9.17, 15) is 4.79 Å². The predicted molar refractivity (Wildman–Crippen MR) is 93.5 cm³/mol. The van der Waals surface area contributed by atoms with Crippen molar-refractivity contribution in [3.05, 3.63) is 88.9 Å².